The van der Waals surface area contributed by atoms with E-state index in [-0.39, 0.29) is 6.04 Å². The van der Waals surface area contributed by atoms with Gasteiger partial charge in [-0.05, 0) is 38.2 Å². The van der Waals surface area contributed by atoms with Crippen molar-refractivity contribution >= 4 is 0 Å². The second-order valence-corrected chi connectivity index (χ2v) is 5.20. The highest BCUT2D eigenvalue weighted by Gasteiger charge is 2.17. The number of nitrogens with two attached hydrogens (primary N) is 1. The molecule has 0 aliphatic heterocycles. The molecule has 2 heteroatoms. The molecule has 1 aromatic carbocycles. The van der Waals surface area contributed by atoms with Crippen molar-refractivity contribution in [1.82, 2.24) is 0 Å². The molecule has 1 aromatic rings. The third-order valence-corrected chi connectivity index (χ3v) is 3.37. The van der Waals surface area contributed by atoms with Crippen LogP contribution in [0, 0.1) is 13.8 Å². The molecule has 0 saturated carbocycles. The van der Waals surface area contributed by atoms with Crippen LogP contribution in [-0.4, -0.2) is 17.3 Å². The fraction of sp³-hybridized carbons (Fsp3) is 0.600. The van der Waals surface area contributed by atoms with Gasteiger partial charge in [-0.3, -0.25) is 0 Å². The topological polar surface area (TPSA) is 46.2 Å². The van der Waals surface area contributed by atoms with E-state index in [4.69, 9.17) is 5.73 Å². The van der Waals surface area contributed by atoms with Crippen molar-refractivity contribution in [2.24, 2.45) is 5.73 Å². The van der Waals surface area contributed by atoms with Gasteiger partial charge in [-0.2, -0.15) is 0 Å². The second-order valence-electron chi connectivity index (χ2n) is 5.20. The Kier molecular flexibility index (Phi) is 5.16. The van der Waals surface area contributed by atoms with E-state index in [1.807, 2.05) is 6.92 Å². The highest BCUT2D eigenvalue weighted by molar-refractivity contribution is 5.30. The summed E-state index contributed by atoms with van der Waals surface area (Å²) in [7, 11) is 0. The van der Waals surface area contributed by atoms with E-state index in [9.17, 15) is 5.11 Å². The summed E-state index contributed by atoms with van der Waals surface area (Å²) in [6.07, 6.45) is 1.15. The largest absolute Gasteiger partial charge is 0.391 e. The van der Waals surface area contributed by atoms with Crippen molar-refractivity contribution in [3.05, 3.63) is 34.9 Å². The first kappa shape index (κ1) is 14.2. The summed E-state index contributed by atoms with van der Waals surface area (Å²) in [5.74, 6) is 0.348. The van der Waals surface area contributed by atoms with E-state index >= 15 is 0 Å². The summed E-state index contributed by atoms with van der Waals surface area (Å²) in [4.78, 5) is 0. The summed E-state index contributed by atoms with van der Waals surface area (Å²) in [6.45, 7) is 8.38. The number of benzene rings is 1. The van der Waals surface area contributed by atoms with E-state index in [0.29, 0.717) is 5.92 Å². The predicted molar refractivity (Wildman–Crippen MR) is 73.2 cm³/mol. The molecule has 17 heavy (non-hydrogen) atoms. The van der Waals surface area contributed by atoms with Crippen molar-refractivity contribution < 1.29 is 5.11 Å². The number of aliphatic hydroxyl groups is 1. The van der Waals surface area contributed by atoms with E-state index in [0.717, 1.165) is 12.8 Å². The second kappa shape index (κ2) is 6.18. The van der Waals surface area contributed by atoms with E-state index < -0.39 is 6.10 Å². The zero-order valence-electron chi connectivity index (χ0n) is 11.4. The molecule has 1 rings (SSSR count). The Hall–Kier alpha value is -0.860. The fourth-order valence-electron chi connectivity index (χ4n) is 2.24. The molecule has 0 radical (unpaired) electrons. The third kappa shape index (κ3) is 4.14. The first-order valence-electron chi connectivity index (χ1n) is 6.45. The fourth-order valence-corrected chi connectivity index (χ4v) is 2.24. The third-order valence-electron chi connectivity index (χ3n) is 3.37. The summed E-state index contributed by atoms with van der Waals surface area (Å²) in [6, 6.07) is 6.46. The molecule has 0 saturated heterocycles. The molecule has 0 aromatic heterocycles. The average molecular weight is 235 g/mol. The van der Waals surface area contributed by atoms with Gasteiger partial charge in [0.25, 0.3) is 0 Å². The monoisotopic (exact) mass is 235 g/mol. The molecule has 3 unspecified atom stereocenters. The lowest BCUT2D eigenvalue weighted by atomic mass is 9.90. The van der Waals surface area contributed by atoms with Crippen LogP contribution in [0.2, 0.25) is 0 Å². The molecular formula is C15H25NO. The molecule has 0 amide bonds. The van der Waals surface area contributed by atoms with Gasteiger partial charge in [0, 0.05) is 6.04 Å². The van der Waals surface area contributed by atoms with Crippen LogP contribution >= 0.6 is 0 Å². The normalized spacial score (nSPS) is 16.6. The minimum Gasteiger partial charge on any atom is -0.391 e. The van der Waals surface area contributed by atoms with Crippen LogP contribution in [0.25, 0.3) is 0 Å². The molecule has 0 heterocycles. The minimum atomic E-state index is -0.407. The average Bonchev–Trinajstić information content (AvgIpc) is 2.26. The van der Waals surface area contributed by atoms with Crippen LogP contribution < -0.4 is 5.73 Å². The maximum Gasteiger partial charge on any atom is 0.0696 e. The molecule has 2 nitrogen and oxygen atoms in total. The molecule has 0 fully saturated rings. The molecule has 0 bridgehead atoms. The zero-order valence-corrected chi connectivity index (χ0v) is 11.4. The number of rotatable bonds is 5. The zero-order chi connectivity index (χ0) is 13.0. The number of aryl methyl sites for hydroxylation is 2. The first-order valence-corrected chi connectivity index (χ1v) is 6.45. The Bertz CT molecular complexity index is 342. The van der Waals surface area contributed by atoms with E-state index in [2.05, 4.69) is 39.0 Å². The smallest absolute Gasteiger partial charge is 0.0696 e. The molecule has 3 N–H and O–H groups in total. The van der Waals surface area contributed by atoms with Crippen molar-refractivity contribution in [3.8, 4) is 0 Å². The molecule has 0 spiro atoms. The van der Waals surface area contributed by atoms with Crippen molar-refractivity contribution in [2.75, 3.05) is 0 Å². The summed E-state index contributed by atoms with van der Waals surface area (Å²) in [5.41, 5.74) is 9.71. The Morgan fingerprint density at radius 2 is 1.71 bits per heavy atom. The predicted octanol–water partition coefficient (Wildman–Crippen LogP) is 2.90. The van der Waals surface area contributed by atoms with Gasteiger partial charge < -0.3 is 10.8 Å². The number of hydrogen-bond donors (Lipinski definition) is 2. The van der Waals surface area contributed by atoms with Crippen molar-refractivity contribution in [3.63, 3.8) is 0 Å². The molecule has 96 valence electrons. The number of aliphatic hydroxyl groups excluding tert-OH is 1. The van der Waals surface area contributed by atoms with Gasteiger partial charge >= 0.3 is 0 Å². The van der Waals surface area contributed by atoms with Crippen LogP contribution in [0.3, 0.4) is 0 Å². The Balaban J connectivity index is 2.72. The van der Waals surface area contributed by atoms with E-state index in [1.54, 1.807) is 0 Å². The lowest BCUT2D eigenvalue weighted by Gasteiger charge is -2.21. The summed E-state index contributed by atoms with van der Waals surface area (Å²) >= 11 is 0. The summed E-state index contributed by atoms with van der Waals surface area (Å²) < 4.78 is 0. The Morgan fingerprint density at radius 1 is 1.18 bits per heavy atom. The number of hydrogen-bond acceptors (Lipinski definition) is 2. The van der Waals surface area contributed by atoms with Crippen molar-refractivity contribution in [2.45, 2.75) is 58.6 Å². The molecular weight excluding hydrogens is 210 g/mol. The van der Waals surface area contributed by atoms with E-state index in [1.165, 1.54) is 16.7 Å². The standard InChI is InChI=1S/C15H25NO/c1-5-14(16)15(17)9-12(4)13-7-10(2)6-11(3)8-13/h6-8,12,14-15,17H,5,9,16H2,1-4H3. The Labute approximate surface area is 105 Å². The molecule has 3 atom stereocenters. The summed E-state index contributed by atoms with van der Waals surface area (Å²) in [5, 5.41) is 9.96. The Morgan fingerprint density at radius 3 is 2.18 bits per heavy atom. The van der Waals surface area contributed by atoms with Gasteiger partial charge in [0.05, 0.1) is 6.10 Å². The van der Waals surface area contributed by atoms with Crippen LogP contribution in [0.4, 0.5) is 0 Å². The highest BCUT2D eigenvalue weighted by atomic mass is 16.3. The lowest BCUT2D eigenvalue weighted by Crippen LogP contribution is -2.34. The van der Waals surface area contributed by atoms with Gasteiger partial charge in [0.15, 0.2) is 0 Å². The van der Waals surface area contributed by atoms with Crippen LogP contribution in [0.5, 0.6) is 0 Å². The van der Waals surface area contributed by atoms with Gasteiger partial charge in [-0.1, -0.05) is 43.2 Å². The lowest BCUT2D eigenvalue weighted by molar-refractivity contribution is 0.126. The first-order chi connectivity index (χ1) is 7.93. The molecule has 0 aliphatic rings. The van der Waals surface area contributed by atoms with Gasteiger partial charge in [-0.15, -0.1) is 0 Å². The van der Waals surface area contributed by atoms with Crippen LogP contribution in [-0.2, 0) is 0 Å². The minimum absolute atomic E-state index is 0.108. The quantitative estimate of drug-likeness (QED) is 0.824. The maximum absolute atomic E-state index is 9.96. The van der Waals surface area contributed by atoms with Gasteiger partial charge in [0.1, 0.15) is 0 Å². The van der Waals surface area contributed by atoms with Gasteiger partial charge in [0.2, 0.25) is 0 Å². The van der Waals surface area contributed by atoms with Gasteiger partial charge in [-0.25, -0.2) is 0 Å². The van der Waals surface area contributed by atoms with Crippen LogP contribution in [0.15, 0.2) is 18.2 Å². The SMILES string of the molecule is CCC(N)C(O)CC(C)c1cc(C)cc(C)c1. The van der Waals surface area contributed by atoms with Crippen molar-refractivity contribution in [1.29, 1.82) is 0 Å². The highest BCUT2D eigenvalue weighted by Crippen LogP contribution is 2.24. The van der Waals surface area contributed by atoms with Crippen LogP contribution in [0.1, 0.15) is 49.3 Å². The maximum atomic E-state index is 9.96. The molecule has 0 aliphatic carbocycles.